The number of aromatic amines is 1. The van der Waals surface area contributed by atoms with Crippen LogP contribution in [0.25, 0.3) is 5.65 Å². The molecule has 1 N–H and O–H groups in total. The average Bonchev–Trinajstić information content (AvgIpc) is 2.81. The van der Waals surface area contributed by atoms with E-state index in [9.17, 15) is 4.79 Å². The number of alkyl halides is 1. The number of hydrogen-bond donors (Lipinski definition) is 1. The van der Waals surface area contributed by atoms with Gasteiger partial charge in [-0.15, -0.1) is 11.6 Å². The van der Waals surface area contributed by atoms with Gasteiger partial charge >= 0.3 is 5.69 Å². The van der Waals surface area contributed by atoms with Crippen LogP contribution < -0.4 is 5.69 Å². The summed E-state index contributed by atoms with van der Waals surface area (Å²) < 4.78 is 1.44. The molecule has 3 aromatic rings. The highest BCUT2D eigenvalue weighted by molar-refractivity contribution is 6.20. The minimum absolute atomic E-state index is 0.156. The predicted octanol–water partition coefficient (Wildman–Crippen LogP) is 2.25. The summed E-state index contributed by atoms with van der Waals surface area (Å²) >= 11 is 6.41. The summed E-state index contributed by atoms with van der Waals surface area (Å²) in [6.07, 6.45) is 0.587. The topological polar surface area (TPSA) is 63.0 Å². The first kappa shape index (κ1) is 12.9. The van der Waals surface area contributed by atoms with Gasteiger partial charge in [-0.25, -0.2) is 19.3 Å². The number of hydrogen-bond acceptors (Lipinski definition) is 3. The lowest BCUT2D eigenvalue weighted by Crippen LogP contribution is -2.14. The zero-order valence-corrected chi connectivity index (χ0v) is 11.6. The van der Waals surface area contributed by atoms with E-state index in [2.05, 4.69) is 15.2 Å². The number of nitrogens with one attached hydrogen (secondary N) is 1. The zero-order chi connectivity index (χ0) is 14.1. The Hall–Kier alpha value is -2.14. The number of aromatic nitrogens is 4. The molecule has 2 aromatic heterocycles. The van der Waals surface area contributed by atoms with E-state index in [1.54, 1.807) is 13.0 Å². The van der Waals surface area contributed by atoms with Gasteiger partial charge in [0.2, 0.25) is 0 Å². The van der Waals surface area contributed by atoms with E-state index in [1.807, 2.05) is 30.3 Å². The molecule has 1 aromatic carbocycles. The Labute approximate surface area is 120 Å². The fourth-order valence-corrected chi connectivity index (χ4v) is 2.53. The van der Waals surface area contributed by atoms with Gasteiger partial charge in [-0.05, 0) is 12.5 Å². The van der Waals surface area contributed by atoms with Crippen molar-refractivity contribution in [2.24, 2.45) is 0 Å². The van der Waals surface area contributed by atoms with E-state index in [-0.39, 0.29) is 11.1 Å². The van der Waals surface area contributed by atoms with Gasteiger partial charge in [-0.1, -0.05) is 30.3 Å². The van der Waals surface area contributed by atoms with Crippen LogP contribution in [-0.2, 0) is 6.42 Å². The third-order valence-electron chi connectivity index (χ3n) is 3.17. The molecule has 0 saturated carbocycles. The normalized spacial score (nSPS) is 12.7. The number of benzene rings is 1. The van der Waals surface area contributed by atoms with E-state index < -0.39 is 0 Å². The second kappa shape index (κ2) is 5.09. The van der Waals surface area contributed by atoms with E-state index in [1.165, 1.54) is 4.40 Å². The largest absolute Gasteiger partial charge is 0.349 e. The van der Waals surface area contributed by atoms with E-state index in [0.717, 1.165) is 11.3 Å². The molecule has 0 aliphatic rings. The number of H-pyrrole nitrogens is 1. The molecule has 1 atom stereocenters. The van der Waals surface area contributed by atoms with Gasteiger partial charge in [-0.2, -0.15) is 5.10 Å². The molecular formula is C14H13ClN4O. The Morgan fingerprint density at radius 2 is 2.10 bits per heavy atom. The van der Waals surface area contributed by atoms with Crippen molar-refractivity contribution in [1.29, 1.82) is 0 Å². The number of aryl methyl sites for hydroxylation is 1. The first-order chi connectivity index (χ1) is 9.65. The van der Waals surface area contributed by atoms with Crippen LogP contribution in [0.1, 0.15) is 22.5 Å². The van der Waals surface area contributed by atoms with Crippen molar-refractivity contribution in [3.63, 3.8) is 0 Å². The molecule has 3 rings (SSSR count). The molecule has 0 fully saturated rings. The highest BCUT2D eigenvalue weighted by Crippen LogP contribution is 2.24. The summed E-state index contributed by atoms with van der Waals surface area (Å²) in [4.78, 5) is 16.0. The van der Waals surface area contributed by atoms with Crippen LogP contribution >= 0.6 is 11.6 Å². The summed E-state index contributed by atoms with van der Waals surface area (Å²) in [6.45, 7) is 1.78. The minimum atomic E-state index is -0.276. The van der Waals surface area contributed by atoms with Crippen molar-refractivity contribution < 1.29 is 0 Å². The molecule has 0 saturated heterocycles. The molecule has 0 aliphatic heterocycles. The van der Waals surface area contributed by atoms with Gasteiger partial charge < -0.3 is 0 Å². The molecule has 1 unspecified atom stereocenters. The SMILES string of the molecule is Cc1nc(CC(Cl)c2ccccc2)cc2n[nH]c(=O)n12. The van der Waals surface area contributed by atoms with Crippen LogP contribution in [-0.4, -0.2) is 19.6 Å². The van der Waals surface area contributed by atoms with Crippen LogP contribution in [0.5, 0.6) is 0 Å². The molecule has 0 spiro atoms. The number of nitrogens with zero attached hydrogens (tertiary/aromatic N) is 3. The van der Waals surface area contributed by atoms with Gasteiger partial charge in [-0.3, -0.25) is 0 Å². The Bertz CT molecular complexity index is 794. The maximum Gasteiger partial charge on any atom is 0.349 e. The molecule has 0 bridgehead atoms. The molecule has 0 amide bonds. The highest BCUT2D eigenvalue weighted by Gasteiger charge is 2.12. The Kier molecular flexibility index (Phi) is 3.28. The molecule has 6 heteroatoms. The van der Waals surface area contributed by atoms with Gasteiger partial charge in [0, 0.05) is 18.2 Å². The van der Waals surface area contributed by atoms with Crippen molar-refractivity contribution in [2.45, 2.75) is 18.7 Å². The molecular weight excluding hydrogens is 276 g/mol. The maximum absolute atomic E-state index is 11.5. The predicted molar refractivity (Wildman–Crippen MR) is 77.1 cm³/mol. The van der Waals surface area contributed by atoms with Gasteiger partial charge in [0.05, 0.1) is 5.38 Å². The summed E-state index contributed by atoms with van der Waals surface area (Å²) in [5.74, 6) is 0.605. The first-order valence-electron chi connectivity index (χ1n) is 6.28. The Balaban J connectivity index is 1.93. The van der Waals surface area contributed by atoms with Crippen LogP contribution in [0.2, 0.25) is 0 Å². The summed E-state index contributed by atoms with van der Waals surface area (Å²) in [5, 5.41) is 6.22. The van der Waals surface area contributed by atoms with Crippen molar-refractivity contribution in [2.75, 3.05) is 0 Å². The highest BCUT2D eigenvalue weighted by atomic mass is 35.5. The van der Waals surface area contributed by atoms with Crippen LogP contribution in [0.15, 0.2) is 41.2 Å². The average molecular weight is 289 g/mol. The minimum Gasteiger partial charge on any atom is -0.246 e. The van der Waals surface area contributed by atoms with Gasteiger partial charge in [0.1, 0.15) is 5.82 Å². The third-order valence-corrected chi connectivity index (χ3v) is 3.58. The molecule has 102 valence electrons. The third kappa shape index (κ3) is 2.32. The van der Waals surface area contributed by atoms with Crippen LogP contribution in [0, 0.1) is 6.92 Å². The summed E-state index contributed by atoms with van der Waals surface area (Å²) in [6, 6.07) is 11.6. The van der Waals surface area contributed by atoms with Crippen molar-refractivity contribution >= 4 is 17.2 Å². The smallest absolute Gasteiger partial charge is 0.246 e. The van der Waals surface area contributed by atoms with E-state index in [4.69, 9.17) is 11.6 Å². The lowest BCUT2D eigenvalue weighted by molar-refractivity contribution is 0.839. The van der Waals surface area contributed by atoms with E-state index in [0.29, 0.717) is 17.9 Å². The van der Waals surface area contributed by atoms with Gasteiger partial charge in [0.25, 0.3) is 0 Å². The maximum atomic E-state index is 11.5. The van der Waals surface area contributed by atoms with Crippen LogP contribution in [0.3, 0.4) is 0 Å². The standard InChI is InChI=1S/C14H13ClN4O/c1-9-16-11(8-13-17-18-14(20)19(9)13)7-12(15)10-5-3-2-4-6-10/h2-6,8,12H,7H2,1H3,(H,18,20). The number of halogens is 1. The van der Waals surface area contributed by atoms with Crippen LogP contribution in [0.4, 0.5) is 0 Å². The lowest BCUT2D eigenvalue weighted by atomic mass is 10.1. The molecule has 0 radical (unpaired) electrons. The Morgan fingerprint density at radius 1 is 1.35 bits per heavy atom. The fraction of sp³-hybridized carbons (Fsp3) is 0.214. The first-order valence-corrected chi connectivity index (χ1v) is 6.71. The fourth-order valence-electron chi connectivity index (χ4n) is 2.23. The van der Waals surface area contributed by atoms with Crippen molar-refractivity contribution in [3.05, 3.63) is 64.0 Å². The van der Waals surface area contributed by atoms with Crippen molar-refractivity contribution in [1.82, 2.24) is 19.6 Å². The quantitative estimate of drug-likeness (QED) is 0.752. The van der Waals surface area contributed by atoms with Gasteiger partial charge in [0.15, 0.2) is 5.65 Å². The monoisotopic (exact) mass is 288 g/mol. The molecule has 5 nitrogen and oxygen atoms in total. The lowest BCUT2D eigenvalue weighted by Gasteiger charge is -2.10. The molecule has 2 heterocycles. The second-order valence-electron chi connectivity index (χ2n) is 4.60. The van der Waals surface area contributed by atoms with Crippen molar-refractivity contribution in [3.8, 4) is 0 Å². The summed E-state index contributed by atoms with van der Waals surface area (Å²) in [7, 11) is 0. The second-order valence-corrected chi connectivity index (χ2v) is 5.13. The summed E-state index contributed by atoms with van der Waals surface area (Å²) in [5.41, 5.74) is 2.15. The number of rotatable bonds is 3. The molecule has 0 aliphatic carbocycles. The van der Waals surface area contributed by atoms with E-state index >= 15 is 0 Å². The zero-order valence-electron chi connectivity index (χ0n) is 10.9. The molecule has 20 heavy (non-hydrogen) atoms. The Morgan fingerprint density at radius 3 is 2.85 bits per heavy atom. The number of fused-ring (bicyclic) bond motifs is 1.